The summed E-state index contributed by atoms with van der Waals surface area (Å²) in [5.74, 6) is 0.273. The van der Waals surface area contributed by atoms with Gasteiger partial charge in [0.15, 0.2) is 0 Å². The predicted octanol–water partition coefficient (Wildman–Crippen LogP) is 2.11. The van der Waals surface area contributed by atoms with Crippen LogP contribution in [-0.4, -0.2) is 38.4 Å². The first kappa shape index (κ1) is 14.3. The Balaban J connectivity index is 4.95. The van der Waals surface area contributed by atoms with Crippen molar-refractivity contribution in [3.8, 4) is 0 Å². The zero-order chi connectivity index (χ0) is 12.6. The van der Waals surface area contributed by atoms with Crippen LogP contribution in [0.5, 0.6) is 0 Å². The number of rotatable bonds is 6. The van der Waals surface area contributed by atoms with Crippen molar-refractivity contribution in [3.05, 3.63) is 24.3 Å². The molecular formula is C11H19NO4. The lowest BCUT2D eigenvalue weighted by Crippen LogP contribution is -2.31. The average Bonchev–Trinajstić information content (AvgIpc) is 2.27. The zero-order valence-corrected chi connectivity index (χ0v) is 10.3. The van der Waals surface area contributed by atoms with Gasteiger partial charge >= 0.3 is 6.09 Å². The summed E-state index contributed by atoms with van der Waals surface area (Å²) in [6, 6.07) is 0. The van der Waals surface area contributed by atoms with E-state index >= 15 is 0 Å². The molecule has 0 aliphatic carbocycles. The molecule has 0 saturated carbocycles. The normalized spacial score (nSPS) is 9.00. The average molecular weight is 229 g/mol. The molecule has 1 amide bonds. The molecule has 0 aromatic carbocycles. The molecule has 0 unspecified atom stereocenters. The van der Waals surface area contributed by atoms with Crippen LogP contribution in [0.3, 0.4) is 0 Å². The fourth-order valence-corrected chi connectivity index (χ4v) is 1.17. The summed E-state index contributed by atoms with van der Waals surface area (Å²) in [6.07, 6.45) is 1.15. The second kappa shape index (κ2) is 7.62. The summed E-state index contributed by atoms with van der Waals surface area (Å²) in [5, 5.41) is 0. The van der Waals surface area contributed by atoms with E-state index in [1.807, 2.05) is 0 Å². The largest absolute Gasteiger partial charge is 0.468 e. The molecule has 0 saturated heterocycles. The maximum Gasteiger partial charge on any atom is 0.414 e. The maximum absolute atomic E-state index is 11.6. The Kier molecular flexibility index (Phi) is 6.83. The predicted molar refractivity (Wildman–Crippen MR) is 60.6 cm³/mol. The van der Waals surface area contributed by atoms with Crippen molar-refractivity contribution in [1.82, 2.24) is 4.90 Å². The molecule has 0 aromatic rings. The van der Waals surface area contributed by atoms with Crippen molar-refractivity contribution >= 4 is 6.09 Å². The van der Waals surface area contributed by atoms with Gasteiger partial charge in [-0.1, -0.05) is 6.08 Å². The number of carbonyl (C=O) groups excluding carboxylic acids is 1. The van der Waals surface area contributed by atoms with Crippen LogP contribution in [0, 0.1) is 0 Å². The minimum atomic E-state index is -0.452. The number of methoxy groups -OCH3 is 2. The summed E-state index contributed by atoms with van der Waals surface area (Å²) in [7, 11) is 2.94. The fraction of sp³-hybridized carbons (Fsp3) is 0.545. The molecule has 0 radical (unpaired) electrons. The molecule has 0 aliphatic heterocycles. The Labute approximate surface area is 96.3 Å². The van der Waals surface area contributed by atoms with E-state index in [1.54, 1.807) is 19.9 Å². The smallest absolute Gasteiger partial charge is 0.414 e. The molecule has 0 N–H and O–H groups in total. The van der Waals surface area contributed by atoms with Gasteiger partial charge in [-0.15, -0.1) is 6.58 Å². The van der Waals surface area contributed by atoms with Crippen LogP contribution in [-0.2, 0) is 14.2 Å². The van der Waals surface area contributed by atoms with Crippen LogP contribution in [0.1, 0.15) is 13.8 Å². The molecule has 0 bridgehead atoms. The highest BCUT2D eigenvalue weighted by molar-refractivity contribution is 5.70. The van der Waals surface area contributed by atoms with Gasteiger partial charge in [-0.2, -0.15) is 0 Å². The second-order valence-electron chi connectivity index (χ2n) is 2.88. The Hall–Kier alpha value is -1.65. The van der Waals surface area contributed by atoms with E-state index < -0.39 is 6.09 Å². The third-order valence-electron chi connectivity index (χ3n) is 1.87. The van der Waals surface area contributed by atoms with Crippen molar-refractivity contribution in [2.75, 3.05) is 27.4 Å². The Morgan fingerprint density at radius 2 is 1.94 bits per heavy atom. The summed E-state index contributed by atoms with van der Waals surface area (Å²) >= 11 is 0. The molecule has 0 rings (SSSR count). The fourth-order valence-electron chi connectivity index (χ4n) is 1.17. The van der Waals surface area contributed by atoms with E-state index in [0.29, 0.717) is 18.8 Å². The summed E-state index contributed by atoms with van der Waals surface area (Å²) in [5.41, 5.74) is 0.545. The highest BCUT2D eigenvalue weighted by atomic mass is 16.7. The molecule has 0 fully saturated rings. The Morgan fingerprint density at radius 3 is 2.31 bits per heavy atom. The van der Waals surface area contributed by atoms with Crippen molar-refractivity contribution in [3.63, 3.8) is 0 Å². The van der Waals surface area contributed by atoms with Gasteiger partial charge in [-0.05, 0) is 13.8 Å². The van der Waals surface area contributed by atoms with Crippen LogP contribution in [0.4, 0.5) is 4.79 Å². The summed E-state index contributed by atoms with van der Waals surface area (Å²) < 4.78 is 14.9. The minimum absolute atomic E-state index is 0.273. The Bertz CT molecular complexity index is 267. The lowest BCUT2D eigenvalue weighted by Gasteiger charge is -2.22. The third kappa shape index (κ3) is 3.84. The van der Waals surface area contributed by atoms with Crippen LogP contribution in [0.2, 0.25) is 0 Å². The minimum Gasteiger partial charge on any atom is -0.468 e. The first-order valence-corrected chi connectivity index (χ1v) is 4.96. The van der Waals surface area contributed by atoms with Gasteiger partial charge in [0.2, 0.25) is 0 Å². The number of nitrogens with zero attached hydrogens (tertiary/aromatic N) is 1. The highest BCUT2D eigenvalue weighted by Crippen LogP contribution is 2.13. The summed E-state index contributed by atoms with van der Waals surface area (Å²) in [4.78, 5) is 13.0. The van der Waals surface area contributed by atoms with Gasteiger partial charge in [0, 0.05) is 6.54 Å². The molecule has 16 heavy (non-hydrogen) atoms. The Morgan fingerprint density at radius 1 is 1.38 bits per heavy atom. The van der Waals surface area contributed by atoms with Crippen LogP contribution < -0.4 is 0 Å². The molecule has 5 nitrogen and oxygen atoms in total. The van der Waals surface area contributed by atoms with Crippen molar-refractivity contribution in [2.45, 2.75) is 13.8 Å². The molecule has 92 valence electrons. The van der Waals surface area contributed by atoms with E-state index in [4.69, 9.17) is 14.2 Å². The quantitative estimate of drug-likeness (QED) is 0.517. The SMILES string of the molecule is C=CCN(C(=O)OCC)C(C)=C(OC)OC. The number of amides is 1. The van der Waals surface area contributed by atoms with E-state index in [9.17, 15) is 4.79 Å². The molecular weight excluding hydrogens is 210 g/mol. The van der Waals surface area contributed by atoms with E-state index in [0.717, 1.165) is 0 Å². The van der Waals surface area contributed by atoms with Gasteiger partial charge in [-0.25, -0.2) is 4.79 Å². The lowest BCUT2D eigenvalue weighted by atomic mass is 10.4. The number of hydrogen-bond acceptors (Lipinski definition) is 4. The van der Waals surface area contributed by atoms with Gasteiger partial charge in [0.05, 0.1) is 20.8 Å². The first-order valence-electron chi connectivity index (χ1n) is 4.96. The number of allylic oxidation sites excluding steroid dienone is 1. The van der Waals surface area contributed by atoms with Crippen LogP contribution >= 0.6 is 0 Å². The molecule has 0 aliphatic rings. The van der Waals surface area contributed by atoms with E-state index in [1.165, 1.54) is 19.1 Å². The van der Waals surface area contributed by atoms with Gasteiger partial charge in [0.1, 0.15) is 5.70 Å². The van der Waals surface area contributed by atoms with Gasteiger partial charge in [0.25, 0.3) is 5.95 Å². The standard InChI is InChI=1S/C11H19NO4/c1-6-8-12(11(13)16-7-2)9(3)10(14-4)15-5/h6H,1,7-8H2,2-5H3. The number of ether oxygens (including phenoxy) is 3. The van der Waals surface area contributed by atoms with Crippen LogP contribution in [0.15, 0.2) is 24.3 Å². The zero-order valence-electron chi connectivity index (χ0n) is 10.3. The number of carbonyl (C=O) groups is 1. The second-order valence-corrected chi connectivity index (χ2v) is 2.88. The molecule has 0 atom stereocenters. The van der Waals surface area contributed by atoms with E-state index in [2.05, 4.69) is 6.58 Å². The monoisotopic (exact) mass is 229 g/mol. The molecule has 0 aromatic heterocycles. The van der Waals surface area contributed by atoms with Crippen molar-refractivity contribution in [1.29, 1.82) is 0 Å². The van der Waals surface area contributed by atoms with E-state index in [-0.39, 0.29) is 5.95 Å². The summed E-state index contributed by atoms with van der Waals surface area (Å²) in [6.45, 7) is 7.69. The van der Waals surface area contributed by atoms with Gasteiger partial charge in [-0.3, -0.25) is 4.90 Å². The molecule has 0 heterocycles. The lowest BCUT2D eigenvalue weighted by molar-refractivity contribution is 0.0742. The van der Waals surface area contributed by atoms with Crippen molar-refractivity contribution in [2.24, 2.45) is 0 Å². The van der Waals surface area contributed by atoms with Crippen molar-refractivity contribution < 1.29 is 19.0 Å². The molecule has 5 heteroatoms. The maximum atomic E-state index is 11.6. The third-order valence-corrected chi connectivity index (χ3v) is 1.87. The number of hydrogen-bond donors (Lipinski definition) is 0. The van der Waals surface area contributed by atoms with Crippen LogP contribution in [0.25, 0.3) is 0 Å². The topological polar surface area (TPSA) is 48.0 Å². The highest BCUT2D eigenvalue weighted by Gasteiger charge is 2.19. The van der Waals surface area contributed by atoms with Gasteiger partial charge < -0.3 is 14.2 Å². The molecule has 0 spiro atoms. The first-order chi connectivity index (χ1) is 7.62.